The molecule has 1 atom stereocenters. The van der Waals surface area contributed by atoms with E-state index in [2.05, 4.69) is 5.32 Å². The zero-order valence-corrected chi connectivity index (χ0v) is 12.4. The topological polar surface area (TPSA) is 86.6 Å². The van der Waals surface area contributed by atoms with Crippen LogP contribution in [0.25, 0.3) is 0 Å². The molecule has 0 spiro atoms. The van der Waals surface area contributed by atoms with Gasteiger partial charge in [-0.1, -0.05) is 17.7 Å². The number of thioether (sulfide) groups is 1. The van der Waals surface area contributed by atoms with E-state index >= 15 is 0 Å². The normalized spacial score (nSPS) is 11.9. The monoisotopic (exact) mass is 297 g/mol. The molecule has 0 saturated heterocycles. The van der Waals surface area contributed by atoms with Crippen molar-refractivity contribution in [3.05, 3.63) is 29.3 Å². The zero-order chi connectivity index (χ0) is 15.1. The predicted octanol–water partition coefficient (Wildman–Crippen LogP) is 1.35. The van der Waals surface area contributed by atoms with E-state index in [0.29, 0.717) is 0 Å². The van der Waals surface area contributed by atoms with Crippen molar-refractivity contribution in [1.29, 1.82) is 0 Å². The molecule has 6 heteroatoms. The lowest BCUT2D eigenvalue weighted by molar-refractivity contribution is -0.141. The number of hydrogen-bond donors (Lipinski definition) is 3. The number of carboxylic acids is 1. The molecule has 0 aliphatic carbocycles. The first-order valence-corrected chi connectivity index (χ1v) is 7.25. The molecule has 0 aliphatic rings. The van der Waals surface area contributed by atoms with Crippen molar-refractivity contribution in [1.82, 2.24) is 5.32 Å². The van der Waals surface area contributed by atoms with Crippen molar-refractivity contribution in [3.63, 3.8) is 0 Å². The Balaban J connectivity index is 2.54. The predicted molar refractivity (Wildman–Crippen MR) is 77.9 cm³/mol. The molecule has 1 rings (SSSR count). The number of aliphatic hydroxyl groups is 1. The molecule has 3 N–H and O–H groups in total. The van der Waals surface area contributed by atoms with Gasteiger partial charge in [0.25, 0.3) is 0 Å². The fraction of sp³-hybridized carbons (Fsp3) is 0.429. The van der Waals surface area contributed by atoms with Gasteiger partial charge >= 0.3 is 5.97 Å². The number of carbonyl (C=O) groups is 2. The average molecular weight is 297 g/mol. The van der Waals surface area contributed by atoms with Gasteiger partial charge in [-0.2, -0.15) is 0 Å². The summed E-state index contributed by atoms with van der Waals surface area (Å²) < 4.78 is 0. The molecular weight excluding hydrogens is 278 g/mol. The first-order valence-electron chi connectivity index (χ1n) is 6.27. The van der Waals surface area contributed by atoms with Crippen LogP contribution in [0.15, 0.2) is 23.1 Å². The Hall–Kier alpha value is -1.53. The molecule has 0 aliphatic heterocycles. The minimum atomic E-state index is -1.14. The van der Waals surface area contributed by atoms with Crippen molar-refractivity contribution in [3.8, 4) is 0 Å². The Morgan fingerprint density at radius 1 is 1.35 bits per heavy atom. The highest BCUT2D eigenvalue weighted by atomic mass is 32.2. The summed E-state index contributed by atoms with van der Waals surface area (Å²) >= 11 is 1.37. The van der Waals surface area contributed by atoms with E-state index in [4.69, 9.17) is 10.2 Å². The molecule has 0 bridgehead atoms. The van der Waals surface area contributed by atoms with Gasteiger partial charge in [-0.05, 0) is 25.5 Å². The molecule has 110 valence electrons. The first kappa shape index (κ1) is 16.5. The fourth-order valence-corrected chi connectivity index (χ4v) is 2.56. The number of aryl methyl sites for hydroxylation is 2. The fourth-order valence-electron chi connectivity index (χ4n) is 1.63. The highest BCUT2D eigenvalue weighted by Gasteiger charge is 2.19. The van der Waals surface area contributed by atoms with E-state index in [1.807, 2.05) is 32.0 Å². The summed E-state index contributed by atoms with van der Waals surface area (Å²) in [6.07, 6.45) is 0.00914. The molecular formula is C14H19NO4S. The summed E-state index contributed by atoms with van der Waals surface area (Å²) in [5.74, 6) is -1.33. The molecule has 1 amide bonds. The number of rotatable bonds is 7. The second kappa shape index (κ2) is 7.91. The van der Waals surface area contributed by atoms with Gasteiger partial charge in [-0.3, -0.25) is 4.79 Å². The van der Waals surface area contributed by atoms with Crippen LogP contribution in [0.2, 0.25) is 0 Å². The molecule has 0 aromatic heterocycles. The van der Waals surface area contributed by atoms with Gasteiger partial charge in [0.2, 0.25) is 5.91 Å². The number of benzene rings is 1. The standard InChI is InChI=1S/C14H19NO4S/c1-9-3-4-10(2)12(7-9)20-8-13(17)15-11(5-6-16)14(18)19/h3-4,7,11,16H,5-6,8H2,1-2H3,(H,15,17)(H,18,19). The van der Waals surface area contributed by atoms with Crippen LogP contribution in [-0.2, 0) is 9.59 Å². The third-order valence-corrected chi connectivity index (χ3v) is 3.91. The molecule has 1 unspecified atom stereocenters. The number of carbonyl (C=O) groups excluding carboxylic acids is 1. The summed E-state index contributed by atoms with van der Waals surface area (Å²) in [5.41, 5.74) is 2.20. The molecule has 1 aromatic carbocycles. The van der Waals surface area contributed by atoms with Crippen LogP contribution in [0.1, 0.15) is 17.5 Å². The third-order valence-electron chi connectivity index (χ3n) is 2.75. The SMILES string of the molecule is Cc1ccc(C)c(SCC(=O)NC(CCO)C(=O)O)c1. The number of aliphatic hydroxyl groups excluding tert-OH is 1. The van der Waals surface area contributed by atoms with Gasteiger partial charge in [0, 0.05) is 17.9 Å². The molecule has 5 nitrogen and oxygen atoms in total. The quantitative estimate of drug-likeness (QED) is 0.661. The van der Waals surface area contributed by atoms with E-state index in [1.54, 1.807) is 0 Å². The lowest BCUT2D eigenvalue weighted by Crippen LogP contribution is -2.42. The van der Waals surface area contributed by atoms with Crippen LogP contribution in [0.4, 0.5) is 0 Å². The number of aliphatic carboxylic acids is 1. The van der Waals surface area contributed by atoms with Crippen LogP contribution in [0.3, 0.4) is 0 Å². The highest BCUT2D eigenvalue weighted by Crippen LogP contribution is 2.23. The van der Waals surface area contributed by atoms with Crippen LogP contribution in [-0.4, -0.2) is 40.5 Å². The van der Waals surface area contributed by atoms with E-state index in [9.17, 15) is 9.59 Å². The van der Waals surface area contributed by atoms with E-state index in [1.165, 1.54) is 11.8 Å². The smallest absolute Gasteiger partial charge is 0.326 e. The summed E-state index contributed by atoms with van der Waals surface area (Å²) in [6, 6.07) is 4.95. The minimum absolute atomic E-state index is 0.00914. The number of carboxylic acid groups (broad SMARTS) is 1. The Kier molecular flexibility index (Phi) is 6.54. The van der Waals surface area contributed by atoms with Gasteiger partial charge in [-0.25, -0.2) is 4.79 Å². The summed E-state index contributed by atoms with van der Waals surface area (Å²) in [4.78, 5) is 23.6. The van der Waals surface area contributed by atoms with Crippen molar-refractivity contribution in [2.75, 3.05) is 12.4 Å². The molecule has 0 saturated carbocycles. The summed E-state index contributed by atoms with van der Waals surface area (Å²) in [5, 5.41) is 20.0. The van der Waals surface area contributed by atoms with Crippen LogP contribution in [0, 0.1) is 13.8 Å². The van der Waals surface area contributed by atoms with Gasteiger partial charge in [0.1, 0.15) is 6.04 Å². The van der Waals surface area contributed by atoms with Crippen molar-refractivity contribution in [2.24, 2.45) is 0 Å². The summed E-state index contributed by atoms with van der Waals surface area (Å²) in [7, 11) is 0. The maximum absolute atomic E-state index is 11.7. The van der Waals surface area contributed by atoms with Gasteiger partial charge in [0.15, 0.2) is 0 Å². The third kappa shape index (κ3) is 5.22. The average Bonchev–Trinajstić information content (AvgIpc) is 2.39. The first-order chi connectivity index (χ1) is 9.43. The van der Waals surface area contributed by atoms with Gasteiger partial charge < -0.3 is 15.5 Å². The van der Waals surface area contributed by atoms with Gasteiger partial charge in [-0.15, -0.1) is 11.8 Å². The molecule has 0 radical (unpaired) electrons. The Labute approximate surface area is 122 Å². The molecule has 1 aromatic rings. The zero-order valence-electron chi connectivity index (χ0n) is 11.5. The highest BCUT2D eigenvalue weighted by molar-refractivity contribution is 8.00. The lowest BCUT2D eigenvalue weighted by Gasteiger charge is -2.13. The number of nitrogens with one attached hydrogen (secondary N) is 1. The summed E-state index contributed by atoms with van der Waals surface area (Å²) in [6.45, 7) is 3.66. The Morgan fingerprint density at radius 2 is 2.05 bits per heavy atom. The van der Waals surface area contributed by atoms with Crippen LogP contribution in [0.5, 0.6) is 0 Å². The van der Waals surface area contributed by atoms with E-state index in [-0.39, 0.29) is 24.7 Å². The molecule has 0 fully saturated rings. The minimum Gasteiger partial charge on any atom is -0.480 e. The molecule has 0 heterocycles. The van der Waals surface area contributed by atoms with Crippen molar-refractivity contribution in [2.45, 2.75) is 31.2 Å². The Morgan fingerprint density at radius 3 is 2.65 bits per heavy atom. The van der Waals surface area contributed by atoms with Crippen LogP contribution < -0.4 is 5.32 Å². The molecule has 20 heavy (non-hydrogen) atoms. The van der Waals surface area contributed by atoms with E-state index in [0.717, 1.165) is 16.0 Å². The van der Waals surface area contributed by atoms with Gasteiger partial charge in [0.05, 0.1) is 5.75 Å². The van der Waals surface area contributed by atoms with Crippen LogP contribution >= 0.6 is 11.8 Å². The lowest BCUT2D eigenvalue weighted by atomic mass is 10.2. The number of amides is 1. The largest absolute Gasteiger partial charge is 0.480 e. The van der Waals surface area contributed by atoms with Crippen molar-refractivity contribution >= 4 is 23.6 Å². The maximum Gasteiger partial charge on any atom is 0.326 e. The Bertz CT molecular complexity index is 490. The van der Waals surface area contributed by atoms with E-state index < -0.39 is 12.0 Å². The maximum atomic E-state index is 11.7. The second-order valence-corrected chi connectivity index (χ2v) is 5.55. The van der Waals surface area contributed by atoms with Crippen molar-refractivity contribution < 1.29 is 19.8 Å². The number of hydrogen-bond acceptors (Lipinski definition) is 4. The second-order valence-electron chi connectivity index (χ2n) is 4.53.